The molecule has 1 atom stereocenters. The molecule has 4 rings (SSSR count). The van der Waals surface area contributed by atoms with Gasteiger partial charge in [0.25, 0.3) is 5.91 Å². The van der Waals surface area contributed by atoms with E-state index in [1.807, 2.05) is 0 Å². The monoisotopic (exact) mass is 418 g/mol. The smallest absolute Gasteiger partial charge is 0.257 e. The van der Waals surface area contributed by atoms with E-state index in [1.54, 1.807) is 16.8 Å². The van der Waals surface area contributed by atoms with E-state index in [0.717, 1.165) is 10.4 Å². The number of fused-ring (bicyclic) bond motifs is 3. The van der Waals surface area contributed by atoms with Crippen LogP contribution in [0, 0.1) is 11.8 Å². The fourth-order valence-electron chi connectivity index (χ4n) is 4.36. The van der Waals surface area contributed by atoms with Crippen LogP contribution in [0.15, 0.2) is 0 Å². The highest BCUT2D eigenvalue weighted by Crippen LogP contribution is 2.39. The highest BCUT2D eigenvalue weighted by Gasteiger charge is 2.39. The van der Waals surface area contributed by atoms with Gasteiger partial charge in [-0.2, -0.15) is 0 Å². The van der Waals surface area contributed by atoms with Crippen LogP contribution >= 0.6 is 11.3 Å². The molecule has 3 aliphatic heterocycles. The average Bonchev–Trinajstić information content (AvgIpc) is 3.16. The molecule has 1 unspecified atom stereocenters. The molecule has 1 saturated heterocycles. The molecular weight excluding hydrogens is 392 g/mol. The van der Waals surface area contributed by atoms with Crippen LogP contribution in [0.3, 0.4) is 0 Å². The van der Waals surface area contributed by atoms with Crippen LogP contribution in [0.5, 0.6) is 0 Å². The Morgan fingerprint density at radius 1 is 1.24 bits per heavy atom. The lowest BCUT2D eigenvalue weighted by atomic mass is 10.00. The lowest BCUT2D eigenvalue weighted by molar-refractivity contribution is -0.136. The van der Waals surface area contributed by atoms with Gasteiger partial charge in [-0.15, -0.1) is 11.3 Å². The Kier molecular flexibility index (Phi) is 5.10. The molecular formula is C20H26N4O4S. The molecule has 0 aliphatic carbocycles. The summed E-state index contributed by atoms with van der Waals surface area (Å²) in [6.07, 6.45) is 0.855. The van der Waals surface area contributed by atoms with Crippen molar-refractivity contribution in [2.45, 2.75) is 33.2 Å². The molecule has 0 bridgehead atoms. The molecule has 1 N–H and O–H groups in total. The number of hydrogen-bond donors (Lipinski definition) is 1. The van der Waals surface area contributed by atoms with E-state index >= 15 is 0 Å². The summed E-state index contributed by atoms with van der Waals surface area (Å²) in [5.41, 5.74) is 1.52. The Labute approximate surface area is 173 Å². The van der Waals surface area contributed by atoms with Crippen LogP contribution in [-0.2, 0) is 27.3 Å². The topological polar surface area (TPSA) is 90.0 Å². The molecule has 0 spiro atoms. The predicted molar refractivity (Wildman–Crippen MR) is 109 cm³/mol. The lowest BCUT2D eigenvalue weighted by Gasteiger charge is -2.29. The molecule has 156 valence electrons. The van der Waals surface area contributed by atoms with Crippen molar-refractivity contribution in [2.24, 2.45) is 11.8 Å². The highest BCUT2D eigenvalue weighted by atomic mass is 32.1. The second kappa shape index (κ2) is 7.44. The van der Waals surface area contributed by atoms with Crippen molar-refractivity contribution < 1.29 is 19.2 Å². The van der Waals surface area contributed by atoms with Crippen LogP contribution in [0.2, 0.25) is 0 Å². The van der Waals surface area contributed by atoms with Crippen molar-refractivity contribution in [3.63, 3.8) is 0 Å². The summed E-state index contributed by atoms with van der Waals surface area (Å²) in [4.78, 5) is 56.0. The first-order chi connectivity index (χ1) is 13.7. The zero-order valence-electron chi connectivity index (χ0n) is 17.0. The number of likely N-dealkylation sites (N-methyl/N-ethyl adjacent to an activating group) is 1. The van der Waals surface area contributed by atoms with Gasteiger partial charge >= 0.3 is 0 Å². The summed E-state index contributed by atoms with van der Waals surface area (Å²) in [5, 5.41) is 3.42. The van der Waals surface area contributed by atoms with Crippen LogP contribution in [0.25, 0.3) is 0 Å². The zero-order chi connectivity index (χ0) is 20.9. The predicted octanol–water partition coefficient (Wildman–Crippen LogP) is 1.16. The SMILES string of the molecule is CC(C)CN1CC(C(=O)N2CCc3c(sc4c3C(=O)N(C)CC(=O)N4)C2)CC1=O. The Bertz CT molecular complexity index is 893. The van der Waals surface area contributed by atoms with Gasteiger partial charge in [-0.25, -0.2) is 0 Å². The number of likely N-dealkylation sites (tertiary alicyclic amines) is 1. The molecule has 9 heteroatoms. The van der Waals surface area contributed by atoms with Gasteiger partial charge in [0.15, 0.2) is 0 Å². The second-order valence-electron chi connectivity index (χ2n) is 8.52. The standard InChI is InChI=1S/C20H26N4O4S/c1-11(2)7-24-8-12(6-16(24)26)19(27)23-5-4-13-14(9-23)29-18-17(13)20(28)22(3)10-15(25)21-18/h11-12H,4-10H2,1-3H3,(H,21,25). The Hall–Kier alpha value is -2.42. The number of amides is 4. The maximum atomic E-state index is 13.1. The van der Waals surface area contributed by atoms with Crippen LogP contribution in [0.4, 0.5) is 5.00 Å². The summed E-state index contributed by atoms with van der Waals surface area (Å²) >= 11 is 1.38. The largest absolute Gasteiger partial charge is 0.342 e. The summed E-state index contributed by atoms with van der Waals surface area (Å²) in [6, 6.07) is 0. The molecule has 4 heterocycles. The molecule has 0 aromatic carbocycles. The number of anilines is 1. The summed E-state index contributed by atoms with van der Waals surface area (Å²) in [7, 11) is 1.62. The van der Waals surface area contributed by atoms with Gasteiger partial charge < -0.3 is 20.0 Å². The third-order valence-corrected chi connectivity index (χ3v) is 6.84. The van der Waals surface area contributed by atoms with Gasteiger partial charge in [-0.05, 0) is 17.9 Å². The molecule has 1 fully saturated rings. The van der Waals surface area contributed by atoms with E-state index in [-0.39, 0.29) is 42.5 Å². The van der Waals surface area contributed by atoms with Crippen molar-refractivity contribution in [3.05, 3.63) is 16.0 Å². The fraction of sp³-hybridized carbons (Fsp3) is 0.600. The third-order valence-electron chi connectivity index (χ3n) is 5.71. The molecule has 3 aliphatic rings. The number of carbonyl (C=O) groups is 4. The Morgan fingerprint density at radius 3 is 2.72 bits per heavy atom. The fourth-order valence-corrected chi connectivity index (χ4v) is 5.63. The van der Waals surface area contributed by atoms with Crippen molar-refractivity contribution in [2.75, 3.05) is 38.5 Å². The molecule has 0 radical (unpaired) electrons. The minimum atomic E-state index is -0.298. The maximum absolute atomic E-state index is 13.1. The van der Waals surface area contributed by atoms with Crippen molar-refractivity contribution in [1.29, 1.82) is 0 Å². The van der Waals surface area contributed by atoms with E-state index in [1.165, 1.54) is 16.2 Å². The maximum Gasteiger partial charge on any atom is 0.257 e. The number of rotatable bonds is 3. The number of hydrogen-bond acceptors (Lipinski definition) is 5. The van der Waals surface area contributed by atoms with Crippen molar-refractivity contribution >= 4 is 40.0 Å². The summed E-state index contributed by atoms with van der Waals surface area (Å²) < 4.78 is 0. The first-order valence-corrected chi connectivity index (χ1v) is 10.8. The van der Waals surface area contributed by atoms with Gasteiger partial charge in [0.05, 0.1) is 24.6 Å². The van der Waals surface area contributed by atoms with Crippen molar-refractivity contribution in [1.82, 2.24) is 14.7 Å². The van der Waals surface area contributed by atoms with Gasteiger partial charge in [0.1, 0.15) is 5.00 Å². The number of nitrogens with one attached hydrogen (secondary N) is 1. The molecule has 1 aromatic heterocycles. The van der Waals surface area contributed by atoms with Gasteiger partial charge in [0, 0.05) is 38.0 Å². The van der Waals surface area contributed by atoms with E-state index in [9.17, 15) is 19.2 Å². The molecule has 0 saturated carbocycles. The Morgan fingerprint density at radius 2 is 2.00 bits per heavy atom. The minimum Gasteiger partial charge on any atom is -0.342 e. The zero-order valence-corrected chi connectivity index (χ0v) is 17.8. The van der Waals surface area contributed by atoms with Crippen LogP contribution in [-0.4, -0.2) is 71.6 Å². The van der Waals surface area contributed by atoms with Crippen LogP contribution in [0.1, 0.15) is 41.1 Å². The number of carbonyl (C=O) groups excluding carboxylic acids is 4. The second-order valence-corrected chi connectivity index (χ2v) is 9.63. The van der Waals surface area contributed by atoms with Gasteiger partial charge in [0.2, 0.25) is 17.7 Å². The summed E-state index contributed by atoms with van der Waals surface area (Å²) in [5.74, 6) is -0.228. The number of thiophene rings is 1. The van der Waals surface area contributed by atoms with Crippen molar-refractivity contribution in [3.8, 4) is 0 Å². The summed E-state index contributed by atoms with van der Waals surface area (Å²) in [6.45, 7) is 6.28. The molecule has 8 nitrogen and oxygen atoms in total. The van der Waals surface area contributed by atoms with E-state index in [2.05, 4.69) is 19.2 Å². The quantitative estimate of drug-likeness (QED) is 0.798. The van der Waals surface area contributed by atoms with Gasteiger partial charge in [-0.1, -0.05) is 13.8 Å². The van der Waals surface area contributed by atoms with E-state index in [4.69, 9.17) is 0 Å². The molecule has 4 amide bonds. The minimum absolute atomic E-state index is 0.00586. The molecule has 1 aromatic rings. The Balaban J connectivity index is 1.51. The van der Waals surface area contributed by atoms with Gasteiger partial charge in [-0.3, -0.25) is 19.2 Å². The van der Waals surface area contributed by atoms with E-state index < -0.39 is 0 Å². The average molecular weight is 419 g/mol. The first-order valence-electron chi connectivity index (χ1n) is 10.0. The third kappa shape index (κ3) is 3.63. The number of nitrogens with zero attached hydrogens (tertiary/aromatic N) is 3. The normalized spacial score (nSPS) is 22.0. The first kappa shape index (κ1) is 19.9. The lowest BCUT2D eigenvalue weighted by Crippen LogP contribution is -2.41. The highest BCUT2D eigenvalue weighted by molar-refractivity contribution is 7.17. The van der Waals surface area contributed by atoms with Crippen LogP contribution < -0.4 is 5.32 Å². The van der Waals surface area contributed by atoms with E-state index in [0.29, 0.717) is 49.1 Å². The molecule has 29 heavy (non-hydrogen) atoms.